The number of para-hydroxylation sites is 1. The van der Waals surface area contributed by atoms with Gasteiger partial charge in [-0.05, 0) is 82.9 Å². The lowest BCUT2D eigenvalue weighted by Gasteiger charge is -2.33. The van der Waals surface area contributed by atoms with Crippen LogP contribution in [0.2, 0.25) is 0 Å². The monoisotopic (exact) mass is 652 g/mol. The molecule has 5 aromatic carbocycles. The number of hydrogen-bond acceptors (Lipinski definition) is 3. The molecule has 3 nitrogen and oxygen atoms in total. The number of hydrogen-bond donors (Lipinski definition) is 0. The first-order valence-corrected chi connectivity index (χ1v) is 18.1. The van der Waals surface area contributed by atoms with Crippen LogP contribution >= 0.6 is 0 Å². The van der Waals surface area contributed by atoms with Gasteiger partial charge in [0.1, 0.15) is 18.1 Å². The Kier molecular flexibility index (Phi) is 11.2. The third kappa shape index (κ3) is 8.83. The Morgan fingerprint density at radius 1 is 0.673 bits per heavy atom. The topological polar surface area (TPSA) is 27.7 Å². The number of fused-ring (bicyclic) bond motifs is 1. The maximum absolute atomic E-state index is 6.77. The third-order valence-electron chi connectivity index (χ3n) is 9.74. The molecule has 0 aliphatic heterocycles. The van der Waals surface area contributed by atoms with E-state index in [0.717, 1.165) is 59.4 Å². The molecule has 0 amide bonds. The molecule has 0 bridgehead atoms. The summed E-state index contributed by atoms with van der Waals surface area (Å²) in [5, 5.41) is 0. The van der Waals surface area contributed by atoms with Gasteiger partial charge in [0.15, 0.2) is 0 Å². The van der Waals surface area contributed by atoms with Gasteiger partial charge in [-0.3, -0.25) is 0 Å². The maximum Gasteiger partial charge on any atom is 0.206 e. The minimum absolute atomic E-state index is 0.144. The molecule has 6 rings (SSSR count). The molecular weight excluding hydrogens is 601 g/mol. The minimum Gasteiger partial charge on any atom is -0.490 e. The largest absolute Gasteiger partial charge is 0.490 e. The van der Waals surface area contributed by atoms with Crippen molar-refractivity contribution in [3.05, 3.63) is 144 Å². The van der Waals surface area contributed by atoms with Crippen LogP contribution in [0.1, 0.15) is 82.4 Å². The SMILES string of the molecule is CC(C)C(CC(C)(C)C)c1ccc(OC(OCCOc2c(-c3ccccc3)cccc2-c2ccccc2)C2CCCc3ccccc32)cc1. The van der Waals surface area contributed by atoms with Crippen LogP contribution in [0.15, 0.2) is 127 Å². The molecule has 0 radical (unpaired) electrons. The van der Waals surface area contributed by atoms with Gasteiger partial charge in [-0.1, -0.05) is 150 Å². The van der Waals surface area contributed by atoms with Crippen molar-refractivity contribution < 1.29 is 14.2 Å². The van der Waals surface area contributed by atoms with Crippen molar-refractivity contribution in [1.29, 1.82) is 0 Å². The van der Waals surface area contributed by atoms with Crippen LogP contribution in [-0.4, -0.2) is 19.5 Å². The van der Waals surface area contributed by atoms with Gasteiger partial charge in [0.05, 0.1) is 6.61 Å². The zero-order valence-corrected chi connectivity index (χ0v) is 29.9. The standard InChI is InChI=1S/C46H52O3/c1-33(2)43(32-46(3,4)5)37-26-28-38(29-27-37)49-45(42-25-14-21-34-20-12-13-22-39(34)42)48-31-30-47-44-40(35-16-8-6-9-17-35)23-15-24-41(44)36-18-10-7-11-19-36/h6-13,15-20,22-24,26-29,33,42-43,45H,14,21,25,30-32H2,1-5H3. The van der Waals surface area contributed by atoms with Crippen molar-refractivity contribution in [2.24, 2.45) is 11.3 Å². The highest BCUT2D eigenvalue weighted by molar-refractivity contribution is 5.82. The fourth-order valence-corrected chi connectivity index (χ4v) is 7.32. The summed E-state index contributed by atoms with van der Waals surface area (Å²) in [6.45, 7) is 12.4. The lowest BCUT2D eigenvalue weighted by molar-refractivity contribution is -0.105. The molecular formula is C46H52O3. The van der Waals surface area contributed by atoms with Gasteiger partial charge in [-0.25, -0.2) is 0 Å². The molecule has 3 heteroatoms. The fraction of sp³-hybridized carbons (Fsp3) is 0.348. The van der Waals surface area contributed by atoms with Crippen molar-refractivity contribution in [2.45, 2.75) is 78.4 Å². The third-order valence-corrected chi connectivity index (χ3v) is 9.74. The predicted molar refractivity (Wildman–Crippen MR) is 203 cm³/mol. The molecule has 0 N–H and O–H groups in total. The quantitative estimate of drug-likeness (QED) is 0.0936. The summed E-state index contributed by atoms with van der Waals surface area (Å²) in [5.74, 6) is 2.93. The molecule has 0 saturated carbocycles. The average Bonchev–Trinajstić information content (AvgIpc) is 3.12. The number of rotatable bonds is 13. The smallest absolute Gasteiger partial charge is 0.206 e. The van der Waals surface area contributed by atoms with Gasteiger partial charge in [-0.2, -0.15) is 0 Å². The van der Waals surface area contributed by atoms with Gasteiger partial charge in [0, 0.05) is 17.0 Å². The molecule has 49 heavy (non-hydrogen) atoms. The van der Waals surface area contributed by atoms with Gasteiger partial charge in [0.25, 0.3) is 0 Å². The van der Waals surface area contributed by atoms with Crippen LogP contribution in [-0.2, 0) is 11.2 Å². The molecule has 254 valence electrons. The maximum atomic E-state index is 6.77. The van der Waals surface area contributed by atoms with Gasteiger partial charge < -0.3 is 14.2 Å². The van der Waals surface area contributed by atoms with Crippen molar-refractivity contribution >= 4 is 0 Å². The van der Waals surface area contributed by atoms with E-state index in [9.17, 15) is 0 Å². The van der Waals surface area contributed by atoms with E-state index in [0.29, 0.717) is 25.0 Å². The highest BCUT2D eigenvalue weighted by Gasteiger charge is 2.31. The summed E-state index contributed by atoms with van der Waals surface area (Å²) in [6, 6.07) is 44.9. The second kappa shape index (κ2) is 15.9. The number of ether oxygens (including phenoxy) is 3. The summed E-state index contributed by atoms with van der Waals surface area (Å²) >= 11 is 0. The molecule has 0 saturated heterocycles. The van der Waals surface area contributed by atoms with Crippen LogP contribution in [0.25, 0.3) is 22.3 Å². The highest BCUT2D eigenvalue weighted by atomic mass is 16.7. The normalized spacial score (nSPS) is 15.8. The van der Waals surface area contributed by atoms with E-state index in [4.69, 9.17) is 14.2 Å². The summed E-state index contributed by atoms with van der Waals surface area (Å²) in [4.78, 5) is 0. The van der Waals surface area contributed by atoms with E-state index in [1.165, 1.54) is 16.7 Å². The Balaban J connectivity index is 1.23. The Labute approximate surface area is 294 Å². The molecule has 3 unspecified atom stereocenters. The number of benzene rings is 5. The molecule has 3 atom stereocenters. The first kappa shape index (κ1) is 34.5. The van der Waals surface area contributed by atoms with Gasteiger partial charge in [-0.15, -0.1) is 0 Å². The Bertz CT molecular complexity index is 1690. The molecule has 0 fully saturated rings. The van der Waals surface area contributed by atoms with Gasteiger partial charge >= 0.3 is 0 Å². The lowest BCUT2D eigenvalue weighted by Crippen LogP contribution is -2.32. The fourth-order valence-electron chi connectivity index (χ4n) is 7.32. The predicted octanol–water partition coefficient (Wildman–Crippen LogP) is 12.1. The van der Waals surface area contributed by atoms with E-state index in [1.54, 1.807) is 0 Å². The summed E-state index contributed by atoms with van der Waals surface area (Å²) in [6.07, 6.45) is 3.96. The second-order valence-electron chi connectivity index (χ2n) is 15.0. The van der Waals surface area contributed by atoms with Crippen LogP contribution < -0.4 is 9.47 Å². The van der Waals surface area contributed by atoms with Crippen molar-refractivity contribution in [3.63, 3.8) is 0 Å². The molecule has 1 aliphatic rings. The van der Waals surface area contributed by atoms with E-state index >= 15 is 0 Å². The molecule has 0 spiro atoms. The first-order valence-electron chi connectivity index (χ1n) is 18.1. The van der Waals surface area contributed by atoms with Crippen molar-refractivity contribution in [2.75, 3.05) is 13.2 Å². The summed E-state index contributed by atoms with van der Waals surface area (Å²) < 4.78 is 20.1. The van der Waals surface area contributed by atoms with Crippen molar-refractivity contribution in [3.8, 4) is 33.8 Å². The van der Waals surface area contributed by atoms with Crippen LogP contribution in [0, 0.1) is 11.3 Å². The molecule has 5 aromatic rings. The van der Waals surface area contributed by atoms with Crippen LogP contribution in [0.4, 0.5) is 0 Å². The van der Waals surface area contributed by atoms with E-state index in [2.05, 4.69) is 150 Å². The summed E-state index contributed by atoms with van der Waals surface area (Å²) in [7, 11) is 0. The van der Waals surface area contributed by atoms with Crippen LogP contribution in [0.5, 0.6) is 11.5 Å². The zero-order chi connectivity index (χ0) is 34.2. The average molecular weight is 653 g/mol. The molecule has 0 aromatic heterocycles. The Morgan fingerprint density at radius 3 is 1.90 bits per heavy atom. The van der Waals surface area contributed by atoms with Crippen molar-refractivity contribution in [1.82, 2.24) is 0 Å². The van der Waals surface area contributed by atoms with E-state index < -0.39 is 6.29 Å². The Hall–Kier alpha value is -4.34. The lowest BCUT2D eigenvalue weighted by atomic mass is 9.76. The molecule has 0 heterocycles. The van der Waals surface area contributed by atoms with E-state index in [-0.39, 0.29) is 11.3 Å². The van der Waals surface area contributed by atoms with Crippen LogP contribution in [0.3, 0.4) is 0 Å². The minimum atomic E-state index is -0.427. The van der Waals surface area contributed by atoms with Gasteiger partial charge in [0.2, 0.25) is 6.29 Å². The molecule has 1 aliphatic carbocycles. The second-order valence-corrected chi connectivity index (χ2v) is 15.0. The number of aryl methyl sites for hydroxylation is 1. The van der Waals surface area contributed by atoms with E-state index in [1.807, 2.05) is 12.1 Å². The first-order chi connectivity index (χ1) is 23.8. The zero-order valence-electron chi connectivity index (χ0n) is 29.9. The summed E-state index contributed by atoms with van der Waals surface area (Å²) in [5.41, 5.74) is 8.77. The highest BCUT2D eigenvalue weighted by Crippen LogP contribution is 2.41. The Morgan fingerprint density at radius 2 is 1.29 bits per heavy atom.